The van der Waals surface area contributed by atoms with Gasteiger partial charge in [-0.2, -0.15) is 11.8 Å². The molecule has 0 aliphatic heterocycles. The first-order chi connectivity index (χ1) is 17.4. The first-order valence-electron chi connectivity index (χ1n) is 11.8. The molecule has 0 heterocycles. The summed E-state index contributed by atoms with van der Waals surface area (Å²) in [5.41, 5.74) is 11.8. The van der Waals surface area contributed by atoms with Crippen LogP contribution in [0.15, 0.2) is 24.3 Å². The second kappa shape index (κ2) is 15.7. The zero-order chi connectivity index (χ0) is 28.1. The standard InChI is InChI=1S/C24H37N5O7S/c1-4-13(2)20(24(35)36)29-23(34)18(12-19(26)31)28-22(33)17(11-14-5-7-15(30)8-6-14)27-21(32)16(25)9-10-37-3/h5-8,13,16-18,20,30H,4,9-12,25H2,1-3H3,(H2,26,31)(H,27,32)(H,28,33)(H,29,34)(H,35,36). The van der Waals surface area contributed by atoms with Crippen LogP contribution in [0, 0.1) is 5.92 Å². The van der Waals surface area contributed by atoms with Crippen LogP contribution < -0.4 is 27.4 Å². The van der Waals surface area contributed by atoms with Gasteiger partial charge >= 0.3 is 5.97 Å². The summed E-state index contributed by atoms with van der Waals surface area (Å²) in [5.74, 6) is -4.20. The summed E-state index contributed by atoms with van der Waals surface area (Å²) in [6.07, 6.45) is 2.10. The number of rotatable bonds is 16. The van der Waals surface area contributed by atoms with Crippen LogP contribution >= 0.6 is 11.8 Å². The van der Waals surface area contributed by atoms with Gasteiger partial charge in [0.15, 0.2) is 0 Å². The molecule has 5 atom stereocenters. The second-order valence-electron chi connectivity index (χ2n) is 8.76. The van der Waals surface area contributed by atoms with Crippen LogP contribution in [0.2, 0.25) is 0 Å². The van der Waals surface area contributed by atoms with E-state index in [1.165, 1.54) is 23.9 Å². The molecule has 1 aromatic rings. The van der Waals surface area contributed by atoms with Crippen LogP contribution in [-0.2, 0) is 30.4 Å². The van der Waals surface area contributed by atoms with Crippen LogP contribution in [-0.4, -0.2) is 76.0 Å². The van der Waals surface area contributed by atoms with E-state index < -0.39 is 66.1 Å². The van der Waals surface area contributed by atoms with Crippen LogP contribution in [0.1, 0.15) is 38.7 Å². The molecular formula is C24H37N5O7S. The van der Waals surface area contributed by atoms with Gasteiger partial charge in [-0.25, -0.2) is 4.79 Å². The molecule has 0 saturated heterocycles. The van der Waals surface area contributed by atoms with Crippen LogP contribution in [0.4, 0.5) is 0 Å². The SMILES string of the molecule is CCC(C)C(NC(=O)C(CC(N)=O)NC(=O)C(Cc1ccc(O)cc1)NC(=O)C(N)CCSC)C(=O)O. The number of hydrogen-bond acceptors (Lipinski definition) is 8. The van der Waals surface area contributed by atoms with Gasteiger partial charge in [-0.3, -0.25) is 19.2 Å². The fraction of sp³-hybridized carbons (Fsp3) is 0.542. The highest BCUT2D eigenvalue weighted by atomic mass is 32.2. The number of thioether (sulfide) groups is 1. The van der Waals surface area contributed by atoms with Gasteiger partial charge in [0.2, 0.25) is 23.6 Å². The summed E-state index contributed by atoms with van der Waals surface area (Å²) >= 11 is 1.51. The normalized spacial score (nSPS) is 14.9. The molecule has 37 heavy (non-hydrogen) atoms. The van der Waals surface area contributed by atoms with Crippen molar-refractivity contribution in [2.45, 2.75) is 63.7 Å². The number of aromatic hydroxyl groups is 1. The van der Waals surface area contributed by atoms with Crippen molar-refractivity contribution in [2.75, 3.05) is 12.0 Å². The van der Waals surface area contributed by atoms with Crippen LogP contribution in [0.25, 0.3) is 0 Å². The number of amides is 4. The largest absolute Gasteiger partial charge is 0.508 e. The summed E-state index contributed by atoms with van der Waals surface area (Å²) in [5, 5.41) is 26.4. The van der Waals surface area contributed by atoms with Gasteiger partial charge in [0, 0.05) is 6.42 Å². The molecule has 0 saturated carbocycles. The Labute approximate surface area is 220 Å². The minimum atomic E-state index is -1.47. The summed E-state index contributed by atoms with van der Waals surface area (Å²) in [7, 11) is 0. The van der Waals surface area contributed by atoms with Gasteiger partial charge < -0.3 is 37.6 Å². The first-order valence-corrected chi connectivity index (χ1v) is 13.2. The first kappa shape index (κ1) is 31.7. The second-order valence-corrected chi connectivity index (χ2v) is 9.75. The Morgan fingerprint density at radius 2 is 1.54 bits per heavy atom. The van der Waals surface area contributed by atoms with Crippen LogP contribution in [0.3, 0.4) is 0 Å². The number of hydrogen-bond donors (Lipinski definition) is 7. The molecule has 5 unspecified atom stereocenters. The minimum absolute atomic E-state index is 0.0113. The number of carboxylic acid groups (broad SMARTS) is 1. The van der Waals surface area contributed by atoms with Crippen LogP contribution in [0.5, 0.6) is 5.75 Å². The molecule has 9 N–H and O–H groups in total. The average Bonchev–Trinajstić information content (AvgIpc) is 2.84. The minimum Gasteiger partial charge on any atom is -0.508 e. The summed E-state index contributed by atoms with van der Waals surface area (Å²) in [6.45, 7) is 3.40. The molecule has 0 bridgehead atoms. The fourth-order valence-electron chi connectivity index (χ4n) is 3.35. The number of nitrogens with two attached hydrogens (primary N) is 2. The topological polar surface area (TPSA) is 214 Å². The average molecular weight is 540 g/mol. The molecule has 1 aromatic carbocycles. The molecule has 206 valence electrons. The van der Waals surface area contributed by atoms with Crippen molar-refractivity contribution in [3.63, 3.8) is 0 Å². The number of carboxylic acids is 1. The molecule has 0 fully saturated rings. The summed E-state index contributed by atoms with van der Waals surface area (Å²) in [4.78, 5) is 62.0. The van der Waals surface area contributed by atoms with Crippen molar-refractivity contribution in [3.8, 4) is 5.75 Å². The molecule has 0 aliphatic carbocycles. The highest BCUT2D eigenvalue weighted by Crippen LogP contribution is 2.13. The molecule has 1 rings (SSSR count). The molecular weight excluding hydrogens is 502 g/mol. The molecule has 12 nitrogen and oxygen atoms in total. The highest BCUT2D eigenvalue weighted by Gasteiger charge is 2.32. The molecule has 0 radical (unpaired) electrons. The molecule has 0 spiro atoms. The Morgan fingerprint density at radius 1 is 0.973 bits per heavy atom. The van der Waals surface area contributed by atoms with E-state index in [0.717, 1.165) is 0 Å². The number of primary amides is 1. The number of carbonyl (C=O) groups excluding carboxylic acids is 4. The lowest BCUT2D eigenvalue weighted by atomic mass is 9.98. The zero-order valence-corrected chi connectivity index (χ0v) is 22.0. The lowest BCUT2D eigenvalue weighted by Crippen LogP contribution is -2.58. The maximum atomic E-state index is 13.2. The monoisotopic (exact) mass is 539 g/mol. The van der Waals surface area contributed by atoms with Crippen molar-refractivity contribution in [1.29, 1.82) is 0 Å². The van der Waals surface area contributed by atoms with E-state index in [1.807, 2.05) is 6.26 Å². The molecule has 0 aromatic heterocycles. The van der Waals surface area contributed by atoms with E-state index >= 15 is 0 Å². The smallest absolute Gasteiger partial charge is 0.326 e. The van der Waals surface area contributed by atoms with E-state index in [0.29, 0.717) is 24.2 Å². The number of phenols is 1. The maximum Gasteiger partial charge on any atom is 0.326 e. The van der Waals surface area contributed by atoms with Gasteiger partial charge in [0.1, 0.15) is 23.9 Å². The summed E-state index contributed by atoms with van der Waals surface area (Å²) in [6, 6.07) is 1.18. The zero-order valence-electron chi connectivity index (χ0n) is 21.2. The number of carbonyl (C=O) groups is 5. The van der Waals surface area contributed by atoms with Gasteiger partial charge in [0.05, 0.1) is 12.5 Å². The lowest BCUT2D eigenvalue weighted by molar-refractivity contribution is -0.144. The molecule has 0 aliphatic rings. The van der Waals surface area contributed by atoms with Crippen molar-refractivity contribution in [1.82, 2.24) is 16.0 Å². The highest BCUT2D eigenvalue weighted by molar-refractivity contribution is 7.98. The third-order valence-electron chi connectivity index (χ3n) is 5.79. The third-order valence-corrected chi connectivity index (χ3v) is 6.44. The Hall–Kier alpha value is -3.32. The van der Waals surface area contributed by atoms with Gasteiger partial charge in [-0.1, -0.05) is 32.4 Å². The van der Waals surface area contributed by atoms with Gasteiger partial charge in [-0.05, 0) is 42.0 Å². The predicted molar refractivity (Wildman–Crippen MR) is 139 cm³/mol. The fourth-order valence-corrected chi connectivity index (χ4v) is 3.84. The van der Waals surface area contributed by atoms with Crippen molar-refractivity contribution >= 4 is 41.4 Å². The number of benzene rings is 1. The predicted octanol–water partition coefficient (Wildman–Crippen LogP) is -0.524. The Balaban J connectivity index is 3.15. The Kier molecular flexibility index (Phi) is 13.5. The number of nitrogens with one attached hydrogen (secondary N) is 3. The third kappa shape index (κ3) is 11.1. The quantitative estimate of drug-likeness (QED) is 0.144. The van der Waals surface area contributed by atoms with Crippen molar-refractivity contribution in [2.24, 2.45) is 17.4 Å². The number of aliphatic carboxylic acids is 1. The van der Waals surface area contributed by atoms with Gasteiger partial charge in [0.25, 0.3) is 0 Å². The molecule has 13 heteroatoms. The lowest BCUT2D eigenvalue weighted by Gasteiger charge is -2.26. The van der Waals surface area contributed by atoms with E-state index in [2.05, 4.69) is 16.0 Å². The van der Waals surface area contributed by atoms with E-state index in [9.17, 15) is 34.2 Å². The molecule has 4 amide bonds. The van der Waals surface area contributed by atoms with E-state index in [4.69, 9.17) is 11.5 Å². The Bertz CT molecular complexity index is 944. The van der Waals surface area contributed by atoms with Gasteiger partial charge in [-0.15, -0.1) is 0 Å². The number of phenolic OH excluding ortho intramolecular Hbond substituents is 1. The van der Waals surface area contributed by atoms with E-state index in [1.54, 1.807) is 26.0 Å². The Morgan fingerprint density at radius 3 is 2.05 bits per heavy atom. The summed E-state index contributed by atoms with van der Waals surface area (Å²) < 4.78 is 0. The maximum absolute atomic E-state index is 13.2. The van der Waals surface area contributed by atoms with Crippen molar-refractivity contribution in [3.05, 3.63) is 29.8 Å². The van der Waals surface area contributed by atoms with Crippen molar-refractivity contribution < 1.29 is 34.2 Å². The van der Waals surface area contributed by atoms with E-state index in [-0.39, 0.29) is 12.2 Å².